The normalized spacial score (nSPS) is 17.4. The summed E-state index contributed by atoms with van der Waals surface area (Å²) in [6.45, 7) is -0.209. The van der Waals surface area contributed by atoms with Crippen LogP contribution in [0.15, 0.2) is 18.2 Å². The van der Waals surface area contributed by atoms with Gasteiger partial charge in [0, 0.05) is 30.0 Å². The van der Waals surface area contributed by atoms with Crippen LogP contribution in [0.2, 0.25) is 5.02 Å². The van der Waals surface area contributed by atoms with Crippen molar-refractivity contribution in [2.24, 2.45) is 0 Å². The average molecular weight is 310 g/mol. The minimum absolute atomic E-state index is 0.0129. The lowest BCUT2D eigenvalue weighted by molar-refractivity contribution is 0.0748. The number of hydrogen-bond donors (Lipinski definition) is 1. The van der Waals surface area contributed by atoms with Crippen LogP contribution in [0.3, 0.4) is 0 Å². The van der Waals surface area contributed by atoms with Crippen molar-refractivity contribution < 1.29 is 9.90 Å². The molecule has 2 rings (SSSR count). The maximum Gasteiger partial charge on any atom is 0.253 e. The number of aliphatic hydroxyl groups is 1. The van der Waals surface area contributed by atoms with Gasteiger partial charge in [-0.15, -0.1) is 0 Å². The van der Waals surface area contributed by atoms with Gasteiger partial charge in [0.25, 0.3) is 5.91 Å². The summed E-state index contributed by atoms with van der Waals surface area (Å²) in [6.07, 6.45) is 1.04. The molecule has 0 aromatic heterocycles. The molecule has 1 N–H and O–H groups in total. The standard InChI is InChI=1S/C15H16ClNO2S/c1-17(13-6-8-20-10-13)15(19)12-5-4-11(3-2-7-18)14(16)9-12/h4-5,9,13,18H,6-8,10H2,1H3. The van der Waals surface area contributed by atoms with Gasteiger partial charge in [0.2, 0.25) is 0 Å². The van der Waals surface area contributed by atoms with Crippen molar-refractivity contribution in [2.45, 2.75) is 12.5 Å². The molecule has 1 aromatic rings. The van der Waals surface area contributed by atoms with Crippen molar-refractivity contribution in [1.82, 2.24) is 4.90 Å². The summed E-state index contributed by atoms with van der Waals surface area (Å²) < 4.78 is 0. The van der Waals surface area contributed by atoms with Crippen molar-refractivity contribution in [3.8, 4) is 11.8 Å². The summed E-state index contributed by atoms with van der Waals surface area (Å²) in [4.78, 5) is 14.2. The minimum Gasteiger partial charge on any atom is -0.384 e. The molecular weight excluding hydrogens is 294 g/mol. The Hall–Kier alpha value is -1.15. The molecular formula is C15H16ClNO2S. The van der Waals surface area contributed by atoms with Crippen molar-refractivity contribution in [3.05, 3.63) is 34.3 Å². The number of thioether (sulfide) groups is 1. The predicted octanol–water partition coefficient (Wildman–Crippen LogP) is 2.26. The van der Waals surface area contributed by atoms with Crippen molar-refractivity contribution in [1.29, 1.82) is 0 Å². The zero-order valence-electron chi connectivity index (χ0n) is 11.2. The lowest BCUT2D eigenvalue weighted by atomic mass is 10.1. The van der Waals surface area contributed by atoms with Gasteiger partial charge < -0.3 is 10.0 Å². The molecule has 0 radical (unpaired) electrons. The van der Waals surface area contributed by atoms with Gasteiger partial charge in [0.05, 0.1) is 5.02 Å². The van der Waals surface area contributed by atoms with E-state index < -0.39 is 0 Å². The molecule has 106 valence electrons. The molecule has 1 amide bonds. The van der Waals surface area contributed by atoms with Crippen LogP contribution in [0.25, 0.3) is 0 Å². The second kappa shape index (κ2) is 7.03. The van der Waals surface area contributed by atoms with E-state index in [-0.39, 0.29) is 12.5 Å². The first kappa shape index (κ1) is 15.2. The van der Waals surface area contributed by atoms with Crippen molar-refractivity contribution in [3.63, 3.8) is 0 Å². The Balaban J connectivity index is 2.16. The Bertz CT molecular complexity index is 559. The molecule has 0 saturated carbocycles. The maximum absolute atomic E-state index is 12.4. The SMILES string of the molecule is CN(C(=O)c1ccc(C#CCO)c(Cl)c1)C1CCSC1. The number of benzene rings is 1. The molecule has 0 aliphatic carbocycles. The molecule has 3 nitrogen and oxygen atoms in total. The molecule has 1 unspecified atom stereocenters. The number of nitrogens with zero attached hydrogens (tertiary/aromatic N) is 1. The number of aliphatic hydroxyl groups excluding tert-OH is 1. The number of carbonyl (C=O) groups is 1. The molecule has 5 heteroatoms. The fourth-order valence-corrected chi connectivity index (χ4v) is 3.58. The van der Waals surface area contributed by atoms with E-state index in [0.717, 1.165) is 17.9 Å². The molecule has 0 spiro atoms. The molecule has 1 aliphatic rings. The maximum atomic E-state index is 12.4. The minimum atomic E-state index is -0.209. The first-order chi connectivity index (χ1) is 9.63. The highest BCUT2D eigenvalue weighted by atomic mass is 35.5. The van der Waals surface area contributed by atoms with Crippen LogP contribution in [-0.2, 0) is 0 Å². The van der Waals surface area contributed by atoms with Gasteiger partial charge in [-0.1, -0.05) is 23.4 Å². The van der Waals surface area contributed by atoms with Crippen LogP contribution >= 0.6 is 23.4 Å². The molecule has 20 heavy (non-hydrogen) atoms. The van der Waals surface area contributed by atoms with Crippen LogP contribution in [0.5, 0.6) is 0 Å². The zero-order chi connectivity index (χ0) is 14.5. The number of rotatable bonds is 2. The molecule has 1 saturated heterocycles. The van der Waals surface area contributed by atoms with Gasteiger partial charge in [-0.05, 0) is 30.4 Å². The third kappa shape index (κ3) is 3.49. The van der Waals surface area contributed by atoms with E-state index in [0.29, 0.717) is 22.2 Å². The molecule has 1 aromatic carbocycles. The second-order valence-electron chi connectivity index (χ2n) is 4.59. The Morgan fingerprint density at radius 3 is 3.00 bits per heavy atom. The smallest absolute Gasteiger partial charge is 0.253 e. The second-order valence-corrected chi connectivity index (χ2v) is 6.15. The van der Waals surface area contributed by atoms with Gasteiger partial charge in [0.15, 0.2) is 0 Å². The fraction of sp³-hybridized carbons (Fsp3) is 0.400. The lowest BCUT2D eigenvalue weighted by Gasteiger charge is -2.24. The van der Waals surface area contributed by atoms with E-state index in [4.69, 9.17) is 16.7 Å². The summed E-state index contributed by atoms with van der Waals surface area (Å²) in [5, 5.41) is 9.11. The van der Waals surface area contributed by atoms with Crippen LogP contribution in [0, 0.1) is 11.8 Å². The molecule has 1 aliphatic heterocycles. The van der Waals surface area contributed by atoms with Gasteiger partial charge in [-0.2, -0.15) is 11.8 Å². The van der Waals surface area contributed by atoms with Crippen molar-refractivity contribution in [2.75, 3.05) is 25.2 Å². The van der Waals surface area contributed by atoms with E-state index in [9.17, 15) is 4.79 Å². The number of halogens is 1. The third-order valence-corrected chi connectivity index (χ3v) is 4.75. The lowest BCUT2D eigenvalue weighted by Crippen LogP contribution is -2.36. The number of amides is 1. The molecule has 1 fully saturated rings. The van der Waals surface area contributed by atoms with Crippen molar-refractivity contribution >= 4 is 29.3 Å². The van der Waals surface area contributed by atoms with E-state index >= 15 is 0 Å². The summed E-state index contributed by atoms with van der Waals surface area (Å²) in [6, 6.07) is 5.40. The Labute approximate surface area is 128 Å². The Morgan fingerprint density at radius 1 is 1.60 bits per heavy atom. The Kier molecular flexibility index (Phi) is 5.36. The fourth-order valence-electron chi connectivity index (χ4n) is 2.08. The van der Waals surface area contributed by atoms with E-state index in [1.807, 2.05) is 18.8 Å². The van der Waals surface area contributed by atoms with E-state index in [1.165, 1.54) is 0 Å². The first-order valence-electron chi connectivity index (χ1n) is 6.37. The third-order valence-electron chi connectivity index (χ3n) is 3.29. The molecule has 0 bridgehead atoms. The summed E-state index contributed by atoms with van der Waals surface area (Å²) in [5.74, 6) is 7.39. The van der Waals surface area contributed by atoms with Gasteiger partial charge >= 0.3 is 0 Å². The monoisotopic (exact) mass is 309 g/mol. The number of carbonyl (C=O) groups excluding carboxylic acids is 1. The summed E-state index contributed by atoms with van der Waals surface area (Å²) in [7, 11) is 1.84. The zero-order valence-corrected chi connectivity index (χ0v) is 12.8. The van der Waals surface area contributed by atoms with E-state index in [1.54, 1.807) is 23.1 Å². The first-order valence-corrected chi connectivity index (χ1v) is 7.91. The topological polar surface area (TPSA) is 40.5 Å². The van der Waals surface area contributed by atoms with Gasteiger partial charge in [0.1, 0.15) is 6.61 Å². The van der Waals surface area contributed by atoms with Crippen LogP contribution in [0.4, 0.5) is 0 Å². The molecule has 1 atom stereocenters. The van der Waals surface area contributed by atoms with Gasteiger partial charge in [-0.25, -0.2) is 0 Å². The van der Waals surface area contributed by atoms with E-state index in [2.05, 4.69) is 11.8 Å². The summed E-state index contributed by atoms with van der Waals surface area (Å²) >= 11 is 7.99. The summed E-state index contributed by atoms with van der Waals surface area (Å²) in [5.41, 5.74) is 1.19. The van der Waals surface area contributed by atoms with Crippen LogP contribution in [-0.4, -0.2) is 47.1 Å². The van der Waals surface area contributed by atoms with Crippen LogP contribution in [0.1, 0.15) is 22.3 Å². The highest BCUT2D eigenvalue weighted by Crippen LogP contribution is 2.24. The highest BCUT2D eigenvalue weighted by Gasteiger charge is 2.24. The largest absolute Gasteiger partial charge is 0.384 e. The van der Waals surface area contributed by atoms with Gasteiger partial charge in [-0.3, -0.25) is 4.79 Å². The quantitative estimate of drug-likeness (QED) is 0.852. The Morgan fingerprint density at radius 2 is 2.40 bits per heavy atom. The predicted molar refractivity (Wildman–Crippen MR) is 83.2 cm³/mol. The molecule has 1 heterocycles. The average Bonchev–Trinajstić information content (AvgIpc) is 2.98. The highest BCUT2D eigenvalue weighted by molar-refractivity contribution is 7.99. The number of hydrogen-bond acceptors (Lipinski definition) is 3. The van der Waals surface area contributed by atoms with Crippen LogP contribution < -0.4 is 0 Å².